The van der Waals surface area contributed by atoms with Gasteiger partial charge in [0.15, 0.2) is 5.16 Å². The molecule has 2 aromatic heterocycles. The van der Waals surface area contributed by atoms with Crippen molar-refractivity contribution in [2.45, 2.75) is 23.3 Å². The van der Waals surface area contributed by atoms with Crippen LogP contribution in [0, 0.1) is 6.92 Å². The van der Waals surface area contributed by atoms with Crippen LogP contribution in [0.1, 0.15) is 21.7 Å². The summed E-state index contributed by atoms with van der Waals surface area (Å²) in [5.74, 6) is -1.37. The van der Waals surface area contributed by atoms with Gasteiger partial charge in [-0.05, 0) is 36.9 Å². The van der Waals surface area contributed by atoms with Crippen LogP contribution in [0.5, 0.6) is 0 Å². The summed E-state index contributed by atoms with van der Waals surface area (Å²) in [6, 6.07) is 3.11. The normalized spacial score (nSPS) is 11.4. The minimum atomic E-state index is -4.65. The summed E-state index contributed by atoms with van der Waals surface area (Å²) >= 11 is 0.673. The van der Waals surface area contributed by atoms with E-state index in [0.717, 1.165) is 6.07 Å². The van der Waals surface area contributed by atoms with Crippen LogP contribution in [-0.4, -0.2) is 26.0 Å². The van der Waals surface area contributed by atoms with Crippen molar-refractivity contribution in [2.24, 2.45) is 0 Å². The molecule has 0 radical (unpaired) electrons. The molecule has 110 valence electrons. The van der Waals surface area contributed by atoms with Gasteiger partial charge in [-0.15, -0.1) is 0 Å². The Bertz CT molecular complexity index is 692. The highest BCUT2D eigenvalue weighted by Crippen LogP contribution is 2.32. The van der Waals surface area contributed by atoms with E-state index in [1.165, 1.54) is 6.20 Å². The van der Waals surface area contributed by atoms with Crippen molar-refractivity contribution in [3.05, 3.63) is 41.3 Å². The molecular formula is C12H8F3N3O2S. The first-order valence-corrected chi connectivity index (χ1v) is 6.38. The number of nitrogens with zero attached hydrogens (tertiary/aromatic N) is 3. The van der Waals surface area contributed by atoms with Crippen LogP contribution in [-0.2, 0) is 6.18 Å². The van der Waals surface area contributed by atoms with Crippen LogP contribution in [0.4, 0.5) is 13.2 Å². The fourth-order valence-electron chi connectivity index (χ4n) is 1.40. The van der Waals surface area contributed by atoms with E-state index in [0.29, 0.717) is 23.5 Å². The van der Waals surface area contributed by atoms with Gasteiger partial charge in [-0.2, -0.15) is 13.2 Å². The predicted octanol–water partition coefficient (Wildman–Crippen LogP) is 3.05. The molecule has 0 atom stereocenters. The SMILES string of the molecule is Cc1ccnc(Sc2nc(C(F)(F)F)ccc2C(=O)O)n1. The molecule has 0 aromatic carbocycles. The minimum absolute atomic E-state index is 0.129. The van der Waals surface area contributed by atoms with Crippen molar-refractivity contribution < 1.29 is 23.1 Å². The average Bonchev–Trinajstić information content (AvgIpc) is 2.37. The Morgan fingerprint density at radius 1 is 1.24 bits per heavy atom. The monoisotopic (exact) mass is 315 g/mol. The van der Waals surface area contributed by atoms with Crippen molar-refractivity contribution in [1.29, 1.82) is 0 Å². The standard InChI is InChI=1S/C12H8F3N3O2S/c1-6-4-5-16-11(17-6)21-9-7(10(19)20)2-3-8(18-9)12(13,14)15/h2-5H,1H3,(H,19,20). The van der Waals surface area contributed by atoms with Crippen molar-refractivity contribution in [3.63, 3.8) is 0 Å². The van der Waals surface area contributed by atoms with Gasteiger partial charge >= 0.3 is 12.1 Å². The van der Waals surface area contributed by atoms with Gasteiger partial charge in [0, 0.05) is 11.9 Å². The lowest BCUT2D eigenvalue weighted by molar-refractivity contribution is -0.141. The minimum Gasteiger partial charge on any atom is -0.478 e. The summed E-state index contributed by atoms with van der Waals surface area (Å²) in [6.45, 7) is 1.68. The highest BCUT2D eigenvalue weighted by atomic mass is 32.2. The molecule has 2 heterocycles. The Morgan fingerprint density at radius 2 is 1.95 bits per heavy atom. The third-order valence-electron chi connectivity index (χ3n) is 2.34. The number of carboxylic acid groups (broad SMARTS) is 1. The fraction of sp³-hybridized carbons (Fsp3) is 0.167. The smallest absolute Gasteiger partial charge is 0.433 e. The highest BCUT2D eigenvalue weighted by Gasteiger charge is 2.33. The molecule has 0 saturated heterocycles. The third-order valence-corrected chi connectivity index (χ3v) is 3.23. The summed E-state index contributed by atoms with van der Waals surface area (Å²) in [5, 5.41) is 8.84. The molecule has 2 rings (SSSR count). The summed E-state index contributed by atoms with van der Waals surface area (Å²) in [4.78, 5) is 22.3. The average molecular weight is 315 g/mol. The largest absolute Gasteiger partial charge is 0.478 e. The zero-order chi connectivity index (χ0) is 15.6. The van der Waals surface area contributed by atoms with Crippen molar-refractivity contribution >= 4 is 17.7 Å². The van der Waals surface area contributed by atoms with Gasteiger partial charge in [-0.25, -0.2) is 19.7 Å². The highest BCUT2D eigenvalue weighted by molar-refractivity contribution is 7.99. The summed E-state index contributed by atoms with van der Waals surface area (Å²) < 4.78 is 38.0. The molecule has 9 heteroatoms. The molecule has 21 heavy (non-hydrogen) atoms. The van der Waals surface area contributed by atoms with E-state index in [1.54, 1.807) is 13.0 Å². The molecule has 5 nitrogen and oxygen atoms in total. The molecule has 0 aliphatic heterocycles. The third kappa shape index (κ3) is 3.69. The molecule has 0 aliphatic carbocycles. The van der Waals surface area contributed by atoms with E-state index < -0.39 is 17.8 Å². The van der Waals surface area contributed by atoms with Gasteiger partial charge in [0.05, 0.1) is 5.56 Å². The second kappa shape index (κ2) is 5.68. The lowest BCUT2D eigenvalue weighted by Gasteiger charge is -2.09. The molecule has 0 aliphatic rings. The molecule has 0 spiro atoms. The number of halogens is 3. The molecule has 1 N–H and O–H groups in total. The number of carbonyl (C=O) groups is 1. The van der Waals surface area contributed by atoms with E-state index in [9.17, 15) is 18.0 Å². The zero-order valence-electron chi connectivity index (χ0n) is 10.5. The Hall–Kier alpha value is -2.16. The van der Waals surface area contributed by atoms with Crippen LogP contribution >= 0.6 is 11.8 Å². The number of aromatic nitrogens is 3. The fourth-order valence-corrected chi connectivity index (χ4v) is 2.29. The van der Waals surface area contributed by atoms with Crippen molar-refractivity contribution in [2.75, 3.05) is 0 Å². The van der Waals surface area contributed by atoms with Gasteiger partial charge in [-0.1, -0.05) is 0 Å². The van der Waals surface area contributed by atoms with Gasteiger partial charge in [-0.3, -0.25) is 0 Å². The van der Waals surface area contributed by atoms with Gasteiger partial charge in [0.25, 0.3) is 0 Å². The Labute approximate surface area is 121 Å². The molecular weight excluding hydrogens is 307 g/mol. The molecule has 0 fully saturated rings. The van der Waals surface area contributed by atoms with Crippen molar-refractivity contribution in [1.82, 2.24) is 15.0 Å². The Balaban J connectivity index is 2.46. The van der Waals surface area contributed by atoms with E-state index in [1.807, 2.05) is 0 Å². The first-order valence-electron chi connectivity index (χ1n) is 5.56. The number of hydrogen-bond donors (Lipinski definition) is 1. The van der Waals surface area contributed by atoms with Crippen LogP contribution in [0.15, 0.2) is 34.6 Å². The second-order valence-electron chi connectivity index (χ2n) is 3.93. The molecule has 0 bridgehead atoms. The van der Waals surface area contributed by atoms with Gasteiger partial charge in [0.2, 0.25) is 0 Å². The van der Waals surface area contributed by atoms with Crippen molar-refractivity contribution in [3.8, 4) is 0 Å². The lowest BCUT2D eigenvalue weighted by Crippen LogP contribution is -2.11. The van der Waals surface area contributed by atoms with Gasteiger partial charge < -0.3 is 5.11 Å². The summed E-state index contributed by atoms with van der Waals surface area (Å²) in [6.07, 6.45) is -3.22. The van der Waals surface area contributed by atoms with E-state index >= 15 is 0 Å². The first kappa shape index (κ1) is 15.2. The van der Waals surface area contributed by atoms with Crippen LogP contribution in [0.3, 0.4) is 0 Å². The summed E-state index contributed by atoms with van der Waals surface area (Å²) in [7, 11) is 0. The molecule has 0 unspecified atom stereocenters. The quantitative estimate of drug-likeness (QED) is 0.877. The van der Waals surface area contributed by atoms with Crippen LogP contribution < -0.4 is 0 Å². The number of pyridine rings is 1. The Kier molecular flexibility index (Phi) is 4.12. The maximum atomic E-state index is 12.7. The molecule has 2 aromatic rings. The van der Waals surface area contributed by atoms with Crippen LogP contribution in [0.25, 0.3) is 0 Å². The number of aromatic carboxylic acids is 1. The Morgan fingerprint density at radius 3 is 2.52 bits per heavy atom. The van der Waals surface area contributed by atoms with E-state index in [-0.39, 0.29) is 15.7 Å². The lowest BCUT2D eigenvalue weighted by atomic mass is 10.2. The number of aryl methyl sites for hydroxylation is 1. The molecule has 0 saturated carbocycles. The number of hydrogen-bond acceptors (Lipinski definition) is 5. The second-order valence-corrected chi connectivity index (χ2v) is 4.89. The van der Waals surface area contributed by atoms with Crippen LogP contribution in [0.2, 0.25) is 0 Å². The predicted molar refractivity (Wildman–Crippen MR) is 67.1 cm³/mol. The molecule has 0 amide bonds. The zero-order valence-corrected chi connectivity index (χ0v) is 11.4. The topological polar surface area (TPSA) is 76.0 Å². The maximum Gasteiger partial charge on any atom is 0.433 e. The van der Waals surface area contributed by atoms with Gasteiger partial charge in [0.1, 0.15) is 10.7 Å². The number of rotatable bonds is 3. The number of alkyl halides is 3. The van der Waals surface area contributed by atoms with E-state index in [4.69, 9.17) is 5.11 Å². The van der Waals surface area contributed by atoms with E-state index in [2.05, 4.69) is 15.0 Å². The summed E-state index contributed by atoms with van der Waals surface area (Å²) in [5.41, 5.74) is -0.892. The maximum absolute atomic E-state index is 12.7. The number of carboxylic acids is 1. The first-order chi connectivity index (χ1) is 9.77.